The Morgan fingerprint density at radius 3 is 2.44 bits per heavy atom. The van der Waals surface area contributed by atoms with Gasteiger partial charge in [0.25, 0.3) is 0 Å². The van der Waals surface area contributed by atoms with Crippen molar-refractivity contribution in [3.05, 3.63) is 106 Å². The number of nitrogens with one attached hydrogen (secondary N) is 3. The molecule has 1 saturated carbocycles. The number of rotatable bonds is 9. The smallest absolute Gasteiger partial charge is 0.408 e. The number of fused-ring (bicyclic) bond motifs is 1. The Morgan fingerprint density at radius 1 is 0.951 bits per heavy atom. The molecule has 1 atom stereocenters. The van der Waals surface area contributed by atoms with Crippen molar-refractivity contribution >= 4 is 46.1 Å². The minimum absolute atomic E-state index is 0.00930. The fourth-order valence-electron chi connectivity index (χ4n) is 5.91. The molecule has 1 unspecified atom stereocenters. The highest BCUT2D eigenvalue weighted by Crippen LogP contribution is 2.39. The lowest BCUT2D eigenvalue weighted by atomic mass is 9.69. The molecule has 1 fully saturated rings. The molecule has 0 saturated heterocycles. The van der Waals surface area contributed by atoms with E-state index in [0.717, 1.165) is 42.1 Å². The third-order valence-corrected chi connectivity index (χ3v) is 8.98. The Hall–Kier alpha value is -3.48. The maximum atomic E-state index is 14.0. The van der Waals surface area contributed by atoms with Gasteiger partial charge in [-0.15, -0.1) is 0 Å². The van der Waals surface area contributed by atoms with Gasteiger partial charge in [-0.2, -0.15) is 0 Å². The van der Waals surface area contributed by atoms with Crippen LogP contribution in [0.4, 0.5) is 4.79 Å². The number of H-pyrrole nitrogens is 1. The fraction of sp³-hybridized carbons (Fsp3) is 0.333. The number of halogens is 2. The summed E-state index contributed by atoms with van der Waals surface area (Å²) in [6.07, 6.45) is 6.95. The van der Waals surface area contributed by atoms with Crippen LogP contribution in [0.25, 0.3) is 10.9 Å². The molecule has 0 radical (unpaired) electrons. The summed E-state index contributed by atoms with van der Waals surface area (Å²) in [6.45, 7) is 2.24. The van der Waals surface area contributed by atoms with Gasteiger partial charge in [-0.25, -0.2) is 4.79 Å². The molecular weight excluding hydrogens is 557 g/mol. The van der Waals surface area contributed by atoms with E-state index >= 15 is 0 Å². The first kappa shape index (κ1) is 29.0. The SMILES string of the molecule is CC(Cc1c[nH]c2ccccc12)(NC(=O)OCc1ccc(Cl)c(Cl)c1)C(=O)NCC1(c2ccccc2)CCCCC1. The van der Waals surface area contributed by atoms with Gasteiger partial charge in [-0.3, -0.25) is 4.79 Å². The highest BCUT2D eigenvalue weighted by atomic mass is 35.5. The first-order chi connectivity index (χ1) is 19.8. The van der Waals surface area contributed by atoms with Crippen molar-refractivity contribution in [3.63, 3.8) is 0 Å². The normalized spacial score (nSPS) is 16.1. The second kappa shape index (κ2) is 12.6. The van der Waals surface area contributed by atoms with Crippen LogP contribution in [0.5, 0.6) is 0 Å². The lowest BCUT2D eigenvalue weighted by molar-refractivity contribution is -0.127. The lowest BCUT2D eigenvalue weighted by Gasteiger charge is -2.39. The third-order valence-electron chi connectivity index (χ3n) is 8.24. The highest BCUT2D eigenvalue weighted by molar-refractivity contribution is 6.42. The van der Waals surface area contributed by atoms with Crippen molar-refractivity contribution in [3.8, 4) is 0 Å². The molecule has 8 heteroatoms. The first-order valence-corrected chi connectivity index (χ1v) is 14.8. The molecule has 0 aliphatic heterocycles. The summed E-state index contributed by atoms with van der Waals surface area (Å²) in [5.74, 6) is -0.254. The topological polar surface area (TPSA) is 83.2 Å². The minimum Gasteiger partial charge on any atom is -0.445 e. The van der Waals surface area contributed by atoms with E-state index in [4.69, 9.17) is 27.9 Å². The van der Waals surface area contributed by atoms with Crippen molar-refractivity contribution < 1.29 is 14.3 Å². The average Bonchev–Trinajstić information content (AvgIpc) is 3.39. The van der Waals surface area contributed by atoms with Gasteiger partial charge in [-0.1, -0.05) is 97.1 Å². The monoisotopic (exact) mass is 591 g/mol. The molecule has 0 spiro atoms. The molecule has 214 valence electrons. The maximum absolute atomic E-state index is 14.0. The molecule has 1 heterocycles. The van der Waals surface area contributed by atoms with Gasteiger partial charge >= 0.3 is 6.09 Å². The molecule has 5 rings (SSSR count). The molecule has 6 nitrogen and oxygen atoms in total. The van der Waals surface area contributed by atoms with Crippen LogP contribution in [0, 0.1) is 0 Å². The van der Waals surface area contributed by atoms with Gasteiger partial charge in [0.1, 0.15) is 12.1 Å². The zero-order chi connectivity index (χ0) is 28.9. The Kier molecular flexibility index (Phi) is 8.91. The van der Waals surface area contributed by atoms with Crippen LogP contribution in [-0.2, 0) is 28.0 Å². The van der Waals surface area contributed by atoms with Crippen LogP contribution in [0.15, 0.2) is 79.0 Å². The Morgan fingerprint density at radius 2 is 1.68 bits per heavy atom. The van der Waals surface area contributed by atoms with Crippen molar-refractivity contribution in [2.45, 2.75) is 63.0 Å². The van der Waals surface area contributed by atoms with E-state index < -0.39 is 11.6 Å². The van der Waals surface area contributed by atoms with Crippen molar-refractivity contribution in [1.29, 1.82) is 0 Å². The number of hydrogen-bond donors (Lipinski definition) is 3. The maximum Gasteiger partial charge on any atom is 0.408 e. The fourth-order valence-corrected chi connectivity index (χ4v) is 6.23. The zero-order valence-electron chi connectivity index (χ0n) is 23.1. The number of amides is 2. The number of hydrogen-bond acceptors (Lipinski definition) is 3. The Labute approximate surface area is 250 Å². The van der Waals surface area contributed by atoms with Crippen molar-refractivity contribution in [2.24, 2.45) is 0 Å². The molecule has 1 aliphatic carbocycles. The number of alkyl carbamates (subject to hydrolysis) is 1. The van der Waals surface area contributed by atoms with Crippen LogP contribution in [-0.4, -0.2) is 29.1 Å². The second-order valence-electron chi connectivity index (χ2n) is 11.2. The number of carbonyl (C=O) groups is 2. The summed E-state index contributed by atoms with van der Waals surface area (Å²) < 4.78 is 5.52. The standard InChI is InChI=1S/C33H35Cl2N3O3/c1-32(19-24-20-36-29-13-7-6-12-26(24)29,38-31(40)41-21-23-14-15-27(34)28(35)18-23)30(39)37-22-33(16-8-3-9-17-33)25-10-4-2-5-11-25/h2,4-7,10-15,18,20,36H,3,8-9,16-17,19,21-22H2,1H3,(H,37,39)(H,38,40). The number of benzene rings is 3. The average molecular weight is 593 g/mol. The van der Waals surface area contributed by atoms with Gasteiger partial charge in [-0.05, 0) is 54.7 Å². The predicted molar refractivity (Wildman–Crippen MR) is 164 cm³/mol. The summed E-state index contributed by atoms with van der Waals surface area (Å²) in [5, 5.41) is 7.93. The van der Waals surface area contributed by atoms with Crippen molar-refractivity contribution in [2.75, 3.05) is 6.54 Å². The molecule has 3 aromatic carbocycles. The quantitative estimate of drug-likeness (QED) is 0.186. The summed E-state index contributed by atoms with van der Waals surface area (Å²) in [6, 6.07) is 23.4. The first-order valence-electron chi connectivity index (χ1n) is 14.1. The third kappa shape index (κ3) is 6.71. The van der Waals surface area contributed by atoms with Gasteiger partial charge in [0.15, 0.2) is 0 Å². The minimum atomic E-state index is -1.27. The summed E-state index contributed by atoms with van der Waals surface area (Å²) in [5.41, 5.74) is 2.43. The highest BCUT2D eigenvalue weighted by Gasteiger charge is 2.40. The van der Waals surface area contributed by atoms with Gasteiger partial charge in [0.2, 0.25) is 5.91 Å². The van der Waals surface area contributed by atoms with Crippen LogP contribution in [0.3, 0.4) is 0 Å². The summed E-state index contributed by atoms with van der Waals surface area (Å²) >= 11 is 12.1. The van der Waals surface area contributed by atoms with Crippen molar-refractivity contribution in [1.82, 2.24) is 15.6 Å². The summed E-state index contributed by atoms with van der Waals surface area (Å²) in [7, 11) is 0. The van der Waals surface area contributed by atoms with E-state index in [9.17, 15) is 9.59 Å². The Balaban J connectivity index is 1.36. The number of carbonyl (C=O) groups excluding carboxylic acids is 2. The molecule has 41 heavy (non-hydrogen) atoms. The van der Waals surface area contributed by atoms with E-state index in [1.54, 1.807) is 25.1 Å². The molecule has 1 aliphatic rings. The predicted octanol–water partition coefficient (Wildman–Crippen LogP) is 7.72. The molecule has 1 aromatic heterocycles. The molecular formula is C33H35Cl2N3O3. The van der Waals surface area contributed by atoms with Crippen LogP contribution in [0.1, 0.15) is 55.7 Å². The number of aromatic amines is 1. The van der Waals surface area contributed by atoms with E-state index in [0.29, 0.717) is 22.2 Å². The second-order valence-corrected chi connectivity index (χ2v) is 12.0. The van der Waals surface area contributed by atoms with E-state index in [2.05, 4.69) is 39.9 Å². The van der Waals surface area contributed by atoms with E-state index in [1.165, 1.54) is 12.0 Å². The molecule has 0 bridgehead atoms. The summed E-state index contributed by atoms with van der Waals surface area (Å²) in [4.78, 5) is 30.4. The van der Waals surface area contributed by atoms with Gasteiger partial charge < -0.3 is 20.4 Å². The van der Waals surface area contributed by atoms with Crippen LogP contribution < -0.4 is 10.6 Å². The van der Waals surface area contributed by atoms with Gasteiger partial charge in [0, 0.05) is 35.5 Å². The molecule has 3 N–H and O–H groups in total. The van der Waals surface area contributed by atoms with Crippen LogP contribution in [0.2, 0.25) is 10.0 Å². The van der Waals surface area contributed by atoms with E-state index in [1.807, 2.05) is 36.5 Å². The number of aromatic nitrogens is 1. The van der Waals surface area contributed by atoms with Crippen LogP contribution >= 0.6 is 23.2 Å². The van der Waals surface area contributed by atoms with E-state index in [-0.39, 0.29) is 24.3 Å². The zero-order valence-corrected chi connectivity index (χ0v) is 24.7. The van der Waals surface area contributed by atoms with Gasteiger partial charge in [0.05, 0.1) is 10.0 Å². The molecule has 4 aromatic rings. The molecule has 2 amide bonds. The Bertz CT molecular complexity index is 1510. The number of ether oxygens (including phenoxy) is 1. The largest absolute Gasteiger partial charge is 0.445 e. The lowest BCUT2D eigenvalue weighted by Crippen LogP contribution is -2.59. The number of para-hydroxylation sites is 1.